The summed E-state index contributed by atoms with van der Waals surface area (Å²) in [6.07, 6.45) is 0.795. The van der Waals surface area contributed by atoms with E-state index in [0.717, 1.165) is 17.3 Å². The Balaban J connectivity index is 2.35. The maximum atomic E-state index is 8.60. The van der Waals surface area contributed by atoms with Gasteiger partial charge in [0.1, 0.15) is 0 Å². The molecule has 2 N–H and O–H groups in total. The van der Waals surface area contributed by atoms with Crippen molar-refractivity contribution < 1.29 is 5.11 Å². The van der Waals surface area contributed by atoms with E-state index in [2.05, 4.69) is 12.2 Å². The van der Waals surface area contributed by atoms with Crippen molar-refractivity contribution in [3.8, 4) is 0 Å². The highest BCUT2D eigenvalue weighted by Crippen LogP contribution is 2.26. The molecule has 0 fully saturated rings. The molecule has 0 spiro atoms. The van der Waals surface area contributed by atoms with Gasteiger partial charge in [-0.1, -0.05) is 11.6 Å². The Morgan fingerprint density at radius 1 is 1.62 bits per heavy atom. The maximum absolute atomic E-state index is 8.60. The van der Waals surface area contributed by atoms with Crippen LogP contribution >= 0.6 is 22.9 Å². The van der Waals surface area contributed by atoms with Crippen LogP contribution in [0.1, 0.15) is 24.3 Å². The lowest BCUT2D eigenvalue weighted by Gasteiger charge is -2.10. The first-order chi connectivity index (χ1) is 6.24. The van der Waals surface area contributed by atoms with E-state index in [4.69, 9.17) is 16.7 Å². The molecule has 0 saturated carbocycles. The molecule has 0 unspecified atom stereocenters. The number of aliphatic hydroxyl groups is 1. The minimum atomic E-state index is 0.241. The van der Waals surface area contributed by atoms with Gasteiger partial charge in [0.2, 0.25) is 0 Å². The predicted molar refractivity (Wildman–Crippen MR) is 57.4 cm³/mol. The molecule has 2 nitrogen and oxygen atoms in total. The normalized spacial score (nSPS) is 13.2. The Morgan fingerprint density at radius 2 is 2.38 bits per heavy atom. The van der Waals surface area contributed by atoms with Crippen molar-refractivity contribution in [2.45, 2.75) is 19.4 Å². The Labute approximate surface area is 87.5 Å². The number of thiophene rings is 1. The van der Waals surface area contributed by atoms with Gasteiger partial charge in [0.05, 0.1) is 4.34 Å². The summed E-state index contributed by atoms with van der Waals surface area (Å²) in [6, 6.07) is 4.26. The number of aliphatic hydroxyl groups excluding tert-OH is 1. The van der Waals surface area contributed by atoms with Crippen LogP contribution in [0.2, 0.25) is 4.34 Å². The molecule has 0 aliphatic rings. The zero-order valence-electron chi connectivity index (χ0n) is 7.59. The first-order valence-corrected chi connectivity index (χ1v) is 5.53. The summed E-state index contributed by atoms with van der Waals surface area (Å²) in [5.74, 6) is 0. The van der Waals surface area contributed by atoms with Crippen LogP contribution in [0.25, 0.3) is 0 Å². The molecule has 1 rings (SSSR count). The molecule has 4 heteroatoms. The third kappa shape index (κ3) is 3.65. The number of halogens is 1. The second-order valence-corrected chi connectivity index (χ2v) is 4.64. The zero-order valence-corrected chi connectivity index (χ0v) is 9.16. The molecule has 0 aliphatic carbocycles. The van der Waals surface area contributed by atoms with Crippen LogP contribution in [-0.2, 0) is 0 Å². The van der Waals surface area contributed by atoms with Gasteiger partial charge in [-0.2, -0.15) is 0 Å². The topological polar surface area (TPSA) is 32.3 Å². The van der Waals surface area contributed by atoms with Crippen LogP contribution in [0.3, 0.4) is 0 Å². The van der Waals surface area contributed by atoms with E-state index in [9.17, 15) is 0 Å². The van der Waals surface area contributed by atoms with Gasteiger partial charge < -0.3 is 10.4 Å². The van der Waals surface area contributed by atoms with Gasteiger partial charge >= 0.3 is 0 Å². The summed E-state index contributed by atoms with van der Waals surface area (Å²) in [4.78, 5) is 1.24. The highest BCUT2D eigenvalue weighted by Gasteiger charge is 2.06. The van der Waals surface area contributed by atoms with Crippen molar-refractivity contribution in [1.29, 1.82) is 0 Å². The molecule has 0 aromatic carbocycles. The van der Waals surface area contributed by atoms with Gasteiger partial charge in [-0.3, -0.25) is 0 Å². The number of nitrogens with one attached hydrogen (secondary N) is 1. The van der Waals surface area contributed by atoms with Gasteiger partial charge in [-0.25, -0.2) is 0 Å². The third-order valence-electron chi connectivity index (χ3n) is 1.81. The van der Waals surface area contributed by atoms with E-state index in [1.54, 1.807) is 11.3 Å². The van der Waals surface area contributed by atoms with E-state index in [0.29, 0.717) is 6.04 Å². The largest absolute Gasteiger partial charge is 0.396 e. The van der Waals surface area contributed by atoms with Crippen LogP contribution in [-0.4, -0.2) is 18.3 Å². The highest BCUT2D eigenvalue weighted by molar-refractivity contribution is 7.16. The fraction of sp³-hybridized carbons (Fsp3) is 0.556. The molecular formula is C9H14ClNOS. The molecule has 0 radical (unpaired) electrons. The standard InChI is InChI=1S/C9H14ClNOS/c1-7(11-5-2-6-12)8-3-4-9(10)13-8/h3-4,7,11-12H,2,5-6H2,1H3/t7-/m1/s1. The molecule has 1 atom stereocenters. The van der Waals surface area contributed by atoms with Crippen molar-refractivity contribution in [3.05, 3.63) is 21.3 Å². The number of hydrogen-bond acceptors (Lipinski definition) is 3. The molecule has 0 saturated heterocycles. The molecule has 0 amide bonds. The summed E-state index contributed by atoms with van der Waals surface area (Å²) in [6.45, 7) is 3.18. The van der Waals surface area contributed by atoms with Crippen LogP contribution in [0.5, 0.6) is 0 Å². The van der Waals surface area contributed by atoms with Crippen LogP contribution in [0.4, 0.5) is 0 Å². The van der Waals surface area contributed by atoms with E-state index in [1.165, 1.54) is 4.88 Å². The second kappa shape index (κ2) is 5.60. The molecule has 1 heterocycles. The summed E-state index contributed by atoms with van der Waals surface area (Å²) in [5, 5.41) is 11.9. The molecule has 74 valence electrons. The fourth-order valence-corrected chi connectivity index (χ4v) is 2.15. The molecule has 13 heavy (non-hydrogen) atoms. The second-order valence-electron chi connectivity index (χ2n) is 2.89. The molecule has 0 aliphatic heterocycles. The molecule has 0 bridgehead atoms. The fourth-order valence-electron chi connectivity index (χ4n) is 1.06. The molecular weight excluding hydrogens is 206 g/mol. The van der Waals surface area contributed by atoms with Crippen molar-refractivity contribution in [1.82, 2.24) is 5.32 Å². The Morgan fingerprint density at radius 3 is 2.92 bits per heavy atom. The van der Waals surface area contributed by atoms with Crippen LogP contribution in [0, 0.1) is 0 Å². The maximum Gasteiger partial charge on any atom is 0.0931 e. The SMILES string of the molecule is C[C@@H](NCCCO)c1ccc(Cl)s1. The predicted octanol–water partition coefficient (Wildman–Crippen LogP) is 2.43. The van der Waals surface area contributed by atoms with E-state index in [-0.39, 0.29) is 6.61 Å². The third-order valence-corrected chi connectivity index (χ3v) is 3.22. The molecule has 1 aromatic rings. The van der Waals surface area contributed by atoms with Gasteiger partial charge in [-0.15, -0.1) is 11.3 Å². The summed E-state index contributed by atoms with van der Waals surface area (Å²) < 4.78 is 0.825. The van der Waals surface area contributed by atoms with E-state index < -0.39 is 0 Å². The quantitative estimate of drug-likeness (QED) is 0.746. The van der Waals surface area contributed by atoms with Crippen molar-refractivity contribution in [3.63, 3.8) is 0 Å². The van der Waals surface area contributed by atoms with Gasteiger partial charge in [0, 0.05) is 17.5 Å². The van der Waals surface area contributed by atoms with Crippen LogP contribution in [0.15, 0.2) is 12.1 Å². The van der Waals surface area contributed by atoms with Crippen molar-refractivity contribution in [2.24, 2.45) is 0 Å². The average molecular weight is 220 g/mol. The number of hydrogen-bond donors (Lipinski definition) is 2. The summed E-state index contributed by atoms with van der Waals surface area (Å²) in [7, 11) is 0. The zero-order chi connectivity index (χ0) is 9.68. The van der Waals surface area contributed by atoms with Gasteiger partial charge in [-0.05, 0) is 32.0 Å². The smallest absolute Gasteiger partial charge is 0.0931 e. The summed E-state index contributed by atoms with van der Waals surface area (Å²) in [5.41, 5.74) is 0. The molecule has 1 aromatic heterocycles. The Bertz CT molecular complexity index is 252. The number of rotatable bonds is 5. The summed E-state index contributed by atoms with van der Waals surface area (Å²) >= 11 is 7.41. The minimum absolute atomic E-state index is 0.241. The average Bonchev–Trinajstić information content (AvgIpc) is 2.52. The highest BCUT2D eigenvalue weighted by atomic mass is 35.5. The lowest BCUT2D eigenvalue weighted by atomic mass is 10.2. The van der Waals surface area contributed by atoms with Crippen LogP contribution < -0.4 is 5.32 Å². The van der Waals surface area contributed by atoms with Gasteiger partial charge in [0.25, 0.3) is 0 Å². The monoisotopic (exact) mass is 219 g/mol. The van der Waals surface area contributed by atoms with E-state index >= 15 is 0 Å². The first-order valence-electron chi connectivity index (χ1n) is 4.33. The first kappa shape index (κ1) is 11.0. The minimum Gasteiger partial charge on any atom is -0.396 e. The Kier molecular flexibility index (Phi) is 4.73. The lowest BCUT2D eigenvalue weighted by Crippen LogP contribution is -2.19. The van der Waals surface area contributed by atoms with Crippen molar-refractivity contribution in [2.75, 3.05) is 13.2 Å². The Hall–Kier alpha value is -0.0900. The van der Waals surface area contributed by atoms with Gasteiger partial charge in [0.15, 0.2) is 0 Å². The van der Waals surface area contributed by atoms with Crippen molar-refractivity contribution >= 4 is 22.9 Å². The lowest BCUT2D eigenvalue weighted by molar-refractivity contribution is 0.284. The van der Waals surface area contributed by atoms with E-state index in [1.807, 2.05) is 12.1 Å².